The molecule has 16 heavy (non-hydrogen) atoms. The van der Waals surface area contributed by atoms with Crippen LogP contribution in [-0.2, 0) is 4.79 Å². The Morgan fingerprint density at radius 3 is 2.81 bits per heavy atom. The molecule has 1 aliphatic heterocycles. The molecule has 1 fully saturated rings. The molecular weight excluding hydrogens is 262 g/mol. The van der Waals surface area contributed by atoms with Gasteiger partial charge in [0.2, 0.25) is 0 Å². The zero-order valence-corrected chi connectivity index (χ0v) is 10.8. The SMILES string of the molecule is CN1C(=O)/C(=C/c2cccc(Cl)c2)SC1=S. The number of amides is 1. The number of hydrogen-bond acceptors (Lipinski definition) is 3. The van der Waals surface area contributed by atoms with Crippen LogP contribution in [0.25, 0.3) is 6.08 Å². The average molecular weight is 270 g/mol. The van der Waals surface area contributed by atoms with Crippen molar-refractivity contribution in [1.82, 2.24) is 4.90 Å². The molecule has 1 aromatic rings. The molecule has 0 saturated carbocycles. The van der Waals surface area contributed by atoms with E-state index in [-0.39, 0.29) is 5.91 Å². The van der Waals surface area contributed by atoms with Crippen LogP contribution in [0.3, 0.4) is 0 Å². The second kappa shape index (κ2) is 4.57. The van der Waals surface area contributed by atoms with Crippen LogP contribution < -0.4 is 0 Å². The summed E-state index contributed by atoms with van der Waals surface area (Å²) < 4.78 is 0.582. The molecule has 1 amide bonds. The summed E-state index contributed by atoms with van der Waals surface area (Å²) in [6, 6.07) is 7.35. The fourth-order valence-corrected chi connectivity index (χ4v) is 2.67. The van der Waals surface area contributed by atoms with Gasteiger partial charge in [-0.1, -0.05) is 47.7 Å². The lowest BCUT2D eigenvalue weighted by atomic mass is 10.2. The molecule has 2 nitrogen and oxygen atoms in total. The van der Waals surface area contributed by atoms with Gasteiger partial charge in [-0.2, -0.15) is 0 Å². The Bertz CT molecular complexity index is 499. The van der Waals surface area contributed by atoms with Crippen LogP contribution in [0.4, 0.5) is 0 Å². The number of likely N-dealkylation sites (N-methyl/N-ethyl adjacent to an activating group) is 1. The number of thioether (sulfide) groups is 1. The van der Waals surface area contributed by atoms with Gasteiger partial charge < -0.3 is 0 Å². The van der Waals surface area contributed by atoms with E-state index in [1.165, 1.54) is 16.7 Å². The molecule has 1 aromatic carbocycles. The largest absolute Gasteiger partial charge is 0.296 e. The van der Waals surface area contributed by atoms with Crippen LogP contribution in [0.2, 0.25) is 5.02 Å². The minimum absolute atomic E-state index is 0.0602. The number of thiocarbonyl (C=S) groups is 1. The number of nitrogens with zero attached hydrogens (tertiary/aromatic N) is 1. The van der Waals surface area contributed by atoms with E-state index < -0.39 is 0 Å². The van der Waals surface area contributed by atoms with E-state index in [0.717, 1.165) is 5.56 Å². The van der Waals surface area contributed by atoms with Crippen LogP contribution in [0.1, 0.15) is 5.56 Å². The van der Waals surface area contributed by atoms with Crippen molar-refractivity contribution in [2.75, 3.05) is 7.05 Å². The van der Waals surface area contributed by atoms with Crippen LogP contribution in [0.5, 0.6) is 0 Å². The summed E-state index contributed by atoms with van der Waals surface area (Å²) in [5.74, 6) is -0.0602. The van der Waals surface area contributed by atoms with Crippen LogP contribution in [0.15, 0.2) is 29.2 Å². The van der Waals surface area contributed by atoms with Crippen molar-refractivity contribution in [3.63, 3.8) is 0 Å². The molecule has 1 saturated heterocycles. The maximum Gasteiger partial charge on any atom is 0.265 e. The molecule has 5 heteroatoms. The van der Waals surface area contributed by atoms with Crippen LogP contribution in [0, 0.1) is 0 Å². The smallest absolute Gasteiger partial charge is 0.265 e. The molecule has 1 aliphatic rings. The molecular formula is C11H8ClNOS2. The first-order chi connectivity index (χ1) is 7.58. The van der Waals surface area contributed by atoms with Crippen LogP contribution in [-0.4, -0.2) is 22.2 Å². The van der Waals surface area contributed by atoms with E-state index in [9.17, 15) is 4.79 Å². The Hall–Kier alpha value is -0.840. The lowest BCUT2D eigenvalue weighted by molar-refractivity contribution is -0.121. The second-order valence-corrected chi connectivity index (χ2v) is 5.41. The zero-order valence-electron chi connectivity index (χ0n) is 8.44. The minimum Gasteiger partial charge on any atom is -0.296 e. The number of halogens is 1. The zero-order chi connectivity index (χ0) is 11.7. The minimum atomic E-state index is -0.0602. The molecule has 82 valence electrons. The summed E-state index contributed by atoms with van der Waals surface area (Å²) in [6.07, 6.45) is 1.80. The van der Waals surface area contributed by atoms with Crippen LogP contribution >= 0.6 is 35.6 Å². The van der Waals surface area contributed by atoms with Gasteiger partial charge in [0.1, 0.15) is 4.32 Å². The van der Waals surface area contributed by atoms with Crippen molar-refractivity contribution in [3.8, 4) is 0 Å². The Balaban J connectivity index is 2.33. The van der Waals surface area contributed by atoms with Crippen molar-refractivity contribution >= 4 is 51.9 Å². The second-order valence-electron chi connectivity index (χ2n) is 3.30. The van der Waals surface area contributed by atoms with E-state index in [4.69, 9.17) is 23.8 Å². The van der Waals surface area contributed by atoms with E-state index in [1.807, 2.05) is 18.2 Å². The summed E-state index contributed by atoms with van der Waals surface area (Å²) in [6.45, 7) is 0. The van der Waals surface area contributed by atoms with Crippen molar-refractivity contribution < 1.29 is 4.79 Å². The first-order valence-electron chi connectivity index (χ1n) is 4.55. The van der Waals surface area contributed by atoms with E-state index >= 15 is 0 Å². The van der Waals surface area contributed by atoms with Gasteiger partial charge in [0.05, 0.1) is 4.91 Å². The molecule has 0 bridgehead atoms. The number of carbonyl (C=O) groups excluding carboxylic acids is 1. The lowest BCUT2D eigenvalue weighted by Crippen LogP contribution is -2.22. The highest BCUT2D eigenvalue weighted by atomic mass is 35.5. The maximum absolute atomic E-state index is 11.7. The van der Waals surface area contributed by atoms with Crippen molar-refractivity contribution in [2.24, 2.45) is 0 Å². The lowest BCUT2D eigenvalue weighted by Gasteiger charge is -2.03. The Labute approximate surface area is 108 Å². The number of benzene rings is 1. The van der Waals surface area contributed by atoms with Gasteiger partial charge in [0.25, 0.3) is 5.91 Å². The van der Waals surface area contributed by atoms with Gasteiger partial charge >= 0.3 is 0 Å². The number of carbonyl (C=O) groups is 1. The average Bonchev–Trinajstić information content (AvgIpc) is 2.47. The van der Waals surface area contributed by atoms with Gasteiger partial charge in [-0.25, -0.2) is 0 Å². The van der Waals surface area contributed by atoms with E-state index in [2.05, 4.69) is 0 Å². The molecule has 0 aromatic heterocycles. The van der Waals surface area contributed by atoms with Gasteiger partial charge in [0, 0.05) is 12.1 Å². The molecule has 0 unspecified atom stereocenters. The first kappa shape index (κ1) is 11.6. The van der Waals surface area contributed by atoms with Gasteiger partial charge in [-0.05, 0) is 23.8 Å². The van der Waals surface area contributed by atoms with Crippen molar-refractivity contribution in [3.05, 3.63) is 39.8 Å². The van der Waals surface area contributed by atoms with E-state index in [1.54, 1.807) is 19.2 Å². The molecule has 0 spiro atoms. The van der Waals surface area contributed by atoms with Gasteiger partial charge in [-0.3, -0.25) is 9.69 Å². The molecule has 0 aliphatic carbocycles. The number of hydrogen-bond donors (Lipinski definition) is 0. The fourth-order valence-electron chi connectivity index (χ4n) is 1.29. The summed E-state index contributed by atoms with van der Waals surface area (Å²) in [5.41, 5.74) is 0.904. The summed E-state index contributed by atoms with van der Waals surface area (Å²) in [7, 11) is 1.68. The normalized spacial score (nSPS) is 18.6. The summed E-state index contributed by atoms with van der Waals surface area (Å²) >= 11 is 12.2. The summed E-state index contributed by atoms with van der Waals surface area (Å²) in [4.78, 5) is 13.8. The van der Waals surface area contributed by atoms with E-state index in [0.29, 0.717) is 14.2 Å². The Morgan fingerprint density at radius 1 is 1.50 bits per heavy atom. The molecule has 1 heterocycles. The van der Waals surface area contributed by atoms with Crippen molar-refractivity contribution in [1.29, 1.82) is 0 Å². The van der Waals surface area contributed by atoms with Gasteiger partial charge in [0.15, 0.2) is 0 Å². The standard InChI is InChI=1S/C11H8ClNOS2/c1-13-10(14)9(16-11(13)15)6-7-3-2-4-8(12)5-7/h2-6H,1H3/b9-6-. The monoisotopic (exact) mass is 269 g/mol. The first-order valence-corrected chi connectivity index (χ1v) is 6.15. The molecule has 0 atom stereocenters. The molecule has 0 N–H and O–H groups in total. The third-order valence-electron chi connectivity index (χ3n) is 2.13. The predicted octanol–water partition coefficient (Wildman–Crippen LogP) is 3.17. The van der Waals surface area contributed by atoms with Crippen molar-refractivity contribution in [2.45, 2.75) is 0 Å². The molecule has 2 rings (SSSR count). The third-order valence-corrected chi connectivity index (χ3v) is 3.85. The number of rotatable bonds is 1. The van der Waals surface area contributed by atoms with Gasteiger partial charge in [-0.15, -0.1) is 0 Å². The summed E-state index contributed by atoms with van der Waals surface area (Å²) in [5, 5.41) is 0.653. The molecule has 0 radical (unpaired) electrons. The quantitative estimate of drug-likeness (QED) is 0.577. The Kier molecular flexibility index (Phi) is 3.33. The maximum atomic E-state index is 11.7. The highest BCUT2D eigenvalue weighted by Gasteiger charge is 2.28. The third kappa shape index (κ3) is 2.29. The topological polar surface area (TPSA) is 20.3 Å². The highest BCUT2D eigenvalue weighted by molar-refractivity contribution is 8.26. The highest BCUT2D eigenvalue weighted by Crippen LogP contribution is 2.31. The predicted molar refractivity (Wildman–Crippen MR) is 72.4 cm³/mol. The fraction of sp³-hybridized carbons (Fsp3) is 0.0909. The Morgan fingerprint density at radius 2 is 2.25 bits per heavy atom.